The van der Waals surface area contributed by atoms with Crippen LogP contribution in [0.25, 0.3) is 10.1 Å². The zero-order valence-corrected chi connectivity index (χ0v) is 20.4. The van der Waals surface area contributed by atoms with Gasteiger partial charge in [-0.2, -0.15) is 0 Å². The third kappa shape index (κ3) is 5.94. The van der Waals surface area contributed by atoms with Crippen LogP contribution in [0.15, 0.2) is 46.9 Å². The zero-order chi connectivity index (χ0) is 22.4. The third-order valence-corrected chi connectivity index (χ3v) is 6.57. The monoisotopic (exact) mass is 539 g/mol. The minimum atomic E-state index is -0.459. The molecule has 31 heavy (non-hydrogen) atoms. The Morgan fingerprint density at radius 3 is 2.68 bits per heavy atom. The van der Waals surface area contributed by atoms with E-state index in [1.54, 1.807) is 18.2 Å². The van der Waals surface area contributed by atoms with Crippen molar-refractivity contribution in [2.45, 2.75) is 19.8 Å². The first kappa shape index (κ1) is 23.5. The van der Waals surface area contributed by atoms with Crippen LogP contribution in [0.4, 0.5) is 0 Å². The largest absolute Gasteiger partial charge is 0.493 e. The highest BCUT2D eigenvalue weighted by Gasteiger charge is 2.18. The normalized spacial score (nSPS) is 10.5. The maximum Gasteiger partial charge on any atom is 0.281 e. The Kier molecular flexibility index (Phi) is 8.25. The number of unbranched alkanes of at least 4 members (excludes halogenated alkanes) is 1. The van der Waals surface area contributed by atoms with E-state index in [1.165, 1.54) is 11.3 Å². The quantitative estimate of drug-likeness (QED) is 0.220. The molecule has 3 N–H and O–H groups in total. The molecule has 6 nitrogen and oxygen atoms in total. The van der Waals surface area contributed by atoms with Crippen LogP contribution in [0.1, 0.15) is 39.8 Å². The van der Waals surface area contributed by atoms with Crippen molar-refractivity contribution < 1.29 is 14.3 Å². The summed E-state index contributed by atoms with van der Waals surface area (Å²) in [5.74, 6) is -0.452. The first-order valence-corrected chi connectivity index (χ1v) is 11.8. The number of nitrogens with one attached hydrogen (secondary N) is 3. The van der Waals surface area contributed by atoms with Crippen molar-refractivity contribution in [2.24, 2.45) is 0 Å². The van der Waals surface area contributed by atoms with E-state index in [0.29, 0.717) is 27.8 Å². The van der Waals surface area contributed by atoms with Crippen LogP contribution in [0.5, 0.6) is 5.75 Å². The molecule has 10 heteroatoms. The van der Waals surface area contributed by atoms with Crippen molar-refractivity contribution >= 4 is 78.1 Å². The van der Waals surface area contributed by atoms with Gasteiger partial charge in [-0.1, -0.05) is 59.1 Å². The van der Waals surface area contributed by atoms with Crippen molar-refractivity contribution in [3.63, 3.8) is 0 Å². The molecule has 0 bridgehead atoms. The van der Waals surface area contributed by atoms with Crippen LogP contribution >= 0.6 is 51.1 Å². The van der Waals surface area contributed by atoms with Gasteiger partial charge in [0.25, 0.3) is 11.8 Å². The molecule has 1 heterocycles. The molecule has 0 aliphatic carbocycles. The van der Waals surface area contributed by atoms with E-state index in [-0.39, 0.29) is 5.11 Å². The third-order valence-electron chi connectivity index (χ3n) is 4.20. The van der Waals surface area contributed by atoms with Gasteiger partial charge in [0.2, 0.25) is 0 Å². The molecule has 0 fully saturated rings. The second kappa shape index (κ2) is 10.9. The van der Waals surface area contributed by atoms with Crippen molar-refractivity contribution in [3.8, 4) is 5.75 Å². The molecule has 3 rings (SSSR count). The average Bonchev–Trinajstić information content (AvgIpc) is 3.10. The highest BCUT2D eigenvalue weighted by Crippen LogP contribution is 2.34. The lowest BCUT2D eigenvalue weighted by atomic mass is 10.2. The summed E-state index contributed by atoms with van der Waals surface area (Å²) in [7, 11) is 0. The molecule has 0 spiro atoms. The number of ether oxygens (including phenoxy) is 1. The van der Waals surface area contributed by atoms with E-state index in [0.717, 1.165) is 27.4 Å². The second-order valence-electron chi connectivity index (χ2n) is 6.45. The van der Waals surface area contributed by atoms with E-state index >= 15 is 0 Å². The van der Waals surface area contributed by atoms with Crippen LogP contribution in [0.2, 0.25) is 5.02 Å². The van der Waals surface area contributed by atoms with Gasteiger partial charge >= 0.3 is 0 Å². The van der Waals surface area contributed by atoms with Crippen molar-refractivity contribution in [2.75, 3.05) is 6.61 Å². The predicted molar refractivity (Wildman–Crippen MR) is 132 cm³/mol. The van der Waals surface area contributed by atoms with Crippen molar-refractivity contribution in [3.05, 3.63) is 62.4 Å². The molecule has 0 aliphatic rings. The molecule has 0 saturated carbocycles. The maximum atomic E-state index is 12.7. The standard InChI is InChI=1S/C21H19BrClN3O3S2/c1-2-3-10-29-15-9-8-12(22)11-14(15)19(27)24-21(30)26-25-20(28)18-17(23)13-6-4-5-7-16(13)31-18/h4-9,11H,2-3,10H2,1H3,(H,25,28)(H2,24,26,27,30). The lowest BCUT2D eigenvalue weighted by Gasteiger charge is -2.13. The van der Waals surface area contributed by atoms with Crippen molar-refractivity contribution in [1.82, 2.24) is 16.2 Å². The highest BCUT2D eigenvalue weighted by molar-refractivity contribution is 9.10. The number of benzene rings is 2. The van der Waals surface area contributed by atoms with E-state index < -0.39 is 11.8 Å². The van der Waals surface area contributed by atoms with Crippen LogP contribution in [-0.2, 0) is 0 Å². The van der Waals surface area contributed by atoms with Gasteiger partial charge in [0, 0.05) is 14.6 Å². The number of carbonyl (C=O) groups excluding carboxylic acids is 2. The van der Waals surface area contributed by atoms with Gasteiger partial charge in [0.15, 0.2) is 5.11 Å². The fourth-order valence-corrected chi connectivity index (χ4v) is 4.58. The summed E-state index contributed by atoms with van der Waals surface area (Å²) in [5.41, 5.74) is 5.33. The Bertz CT molecular complexity index is 1140. The van der Waals surface area contributed by atoms with Crippen molar-refractivity contribution in [1.29, 1.82) is 0 Å². The SMILES string of the molecule is CCCCOc1ccc(Br)cc1C(=O)NC(=S)NNC(=O)c1sc2ccccc2c1Cl. The molecular formula is C21H19BrClN3O3S2. The van der Waals surface area contributed by atoms with Gasteiger partial charge in [-0.15, -0.1) is 11.3 Å². The number of hydrogen-bond donors (Lipinski definition) is 3. The van der Waals surface area contributed by atoms with Crippen LogP contribution in [-0.4, -0.2) is 23.5 Å². The average molecular weight is 541 g/mol. The molecule has 0 radical (unpaired) electrons. The fraction of sp³-hybridized carbons (Fsp3) is 0.190. The number of carbonyl (C=O) groups is 2. The molecule has 2 aromatic carbocycles. The number of fused-ring (bicyclic) bond motifs is 1. The minimum Gasteiger partial charge on any atom is -0.493 e. The summed E-state index contributed by atoms with van der Waals surface area (Å²) in [6.07, 6.45) is 1.86. The number of amides is 2. The molecule has 0 atom stereocenters. The molecule has 0 unspecified atom stereocenters. The predicted octanol–water partition coefficient (Wildman–Crippen LogP) is 5.45. The maximum absolute atomic E-state index is 12.7. The van der Waals surface area contributed by atoms with Crippen LogP contribution < -0.4 is 20.9 Å². The molecule has 2 amide bonds. The minimum absolute atomic E-state index is 0.0601. The number of hydrogen-bond acceptors (Lipinski definition) is 5. The summed E-state index contributed by atoms with van der Waals surface area (Å²) in [6, 6.07) is 12.6. The molecule has 162 valence electrons. The first-order chi connectivity index (χ1) is 14.9. The van der Waals surface area contributed by atoms with E-state index in [4.69, 9.17) is 28.6 Å². The van der Waals surface area contributed by atoms with Gasteiger partial charge in [-0.3, -0.25) is 25.8 Å². The second-order valence-corrected chi connectivity index (χ2v) is 9.20. The van der Waals surface area contributed by atoms with Crippen LogP contribution in [0, 0.1) is 0 Å². The number of hydrazine groups is 1. The fourth-order valence-electron chi connectivity index (χ4n) is 2.66. The Labute approximate surface area is 202 Å². The van der Waals surface area contributed by atoms with Crippen LogP contribution in [0.3, 0.4) is 0 Å². The Morgan fingerprint density at radius 1 is 1.16 bits per heavy atom. The molecule has 1 aromatic heterocycles. The topological polar surface area (TPSA) is 79.5 Å². The lowest BCUT2D eigenvalue weighted by molar-refractivity contribution is 0.0937. The highest BCUT2D eigenvalue weighted by atomic mass is 79.9. The number of halogens is 2. The number of thiophene rings is 1. The summed E-state index contributed by atoms with van der Waals surface area (Å²) in [5, 5.41) is 3.66. The summed E-state index contributed by atoms with van der Waals surface area (Å²) >= 11 is 16.1. The number of rotatable bonds is 6. The van der Waals surface area contributed by atoms with Gasteiger partial charge in [-0.25, -0.2) is 0 Å². The van der Waals surface area contributed by atoms with Gasteiger partial charge in [0.1, 0.15) is 10.6 Å². The van der Waals surface area contributed by atoms with Gasteiger partial charge in [-0.05, 0) is 42.9 Å². The first-order valence-electron chi connectivity index (χ1n) is 9.41. The van der Waals surface area contributed by atoms with E-state index in [1.807, 2.05) is 24.3 Å². The van der Waals surface area contributed by atoms with E-state index in [2.05, 4.69) is 39.0 Å². The molecule has 0 aliphatic heterocycles. The molecular weight excluding hydrogens is 522 g/mol. The lowest BCUT2D eigenvalue weighted by Crippen LogP contribution is -2.48. The van der Waals surface area contributed by atoms with Gasteiger partial charge < -0.3 is 4.74 Å². The smallest absolute Gasteiger partial charge is 0.281 e. The molecule has 3 aromatic rings. The summed E-state index contributed by atoms with van der Waals surface area (Å²) in [6.45, 7) is 2.57. The Morgan fingerprint density at radius 2 is 1.94 bits per heavy atom. The summed E-state index contributed by atoms with van der Waals surface area (Å²) < 4.78 is 7.34. The Balaban J connectivity index is 1.61. The summed E-state index contributed by atoms with van der Waals surface area (Å²) in [4.78, 5) is 25.5. The van der Waals surface area contributed by atoms with E-state index in [9.17, 15) is 9.59 Å². The zero-order valence-electron chi connectivity index (χ0n) is 16.5. The molecule has 0 saturated heterocycles. The van der Waals surface area contributed by atoms with Gasteiger partial charge in [0.05, 0.1) is 17.2 Å². The number of thiocarbonyl (C=S) groups is 1. The Hall–Kier alpha value is -2.20.